The number of nitrogens with zero attached hydrogens (tertiary/aromatic N) is 3. The first-order chi connectivity index (χ1) is 9.11. The molecule has 2 rings (SSSR count). The number of hydrogen-bond acceptors (Lipinski definition) is 4. The Morgan fingerprint density at radius 2 is 2.26 bits per heavy atom. The second-order valence-electron chi connectivity index (χ2n) is 4.17. The molecule has 19 heavy (non-hydrogen) atoms. The summed E-state index contributed by atoms with van der Waals surface area (Å²) >= 11 is 0. The fourth-order valence-electron chi connectivity index (χ4n) is 1.96. The van der Waals surface area contributed by atoms with Crippen LogP contribution < -0.4 is 4.90 Å². The number of carboxylic acid groups (broad SMARTS) is 1. The first-order valence-corrected chi connectivity index (χ1v) is 5.99. The van der Waals surface area contributed by atoms with Crippen LogP contribution in [0.2, 0.25) is 0 Å². The molecule has 0 saturated carbocycles. The highest BCUT2D eigenvalue weighted by Crippen LogP contribution is 2.23. The zero-order valence-corrected chi connectivity index (χ0v) is 10.5. The van der Waals surface area contributed by atoms with Crippen molar-refractivity contribution in [3.05, 3.63) is 30.3 Å². The second kappa shape index (κ2) is 5.60. The van der Waals surface area contributed by atoms with Crippen molar-refractivity contribution in [2.75, 3.05) is 18.0 Å². The predicted octanol–water partition coefficient (Wildman–Crippen LogP) is 2.07. The average Bonchev–Trinajstić information content (AvgIpc) is 2.36. The van der Waals surface area contributed by atoms with Crippen LogP contribution in [-0.2, 0) is 4.79 Å². The van der Waals surface area contributed by atoms with Gasteiger partial charge in [0.1, 0.15) is 17.9 Å². The molecule has 2 aromatic rings. The molecule has 2 heterocycles. The summed E-state index contributed by atoms with van der Waals surface area (Å²) in [5, 5.41) is 8.95. The van der Waals surface area contributed by atoms with Crippen molar-refractivity contribution in [2.24, 2.45) is 0 Å². The van der Waals surface area contributed by atoms with E-state index >= 15 is 0 Å². The molecule has 0 amide bonds. The van der Waals surface area contributed by atoms with E-state index in [4.69, 9.17) is 5.11 Å². The van der Waals surface area contributed by atoms with E-state index in [1.807, 2.05) is 6.92 Å². The molecule has 2 aromatic heterocycles. The molecule has 0 atom stereocenters. The fraction of sp³-hybridized carbons (Fsp3) is 0.308. The lowest BCUT2D eigenvalue weighted by Gasteiger charge is -2.22. The summed E-state index contributed by atoms with van der Waals surface area (Å²) < 4.78 is 13.1. The number of halogens is 1. The highest BCUT2D eigenvalue weighted by Gasteiger charge is 2.14. The number of hydrogen-bond donors (Lipinski definition) is 1. The van der Waals surface area contributed by atoms with Gasteiger partial charge < -0.3 is 10.0 Å². The standard InChI is InChI=1S/C13H14FN3O2/c1-2-5-17(8-12(18)19)11-3-4-15-10-6-9(14)7-16-13(10)11/h3-4,6-7H,2,5,8H2,1H3,(H,18,19). The lowest BCUT2D eigenvalue weighted by molar-refractivity contribution is -0.135. The van der Waals surface area contributed by atoms with Gasteiger partial charge in [0.15, 0.2) is 0 Å². The summed E-state index contributed by atoms with van der Waals surface area (Å²) in [4.78, 5) is 20.7. The fourth-order valence-corrected chi connectivity index (χ4v) is 1.96. The Morgan fingerprint density at radius 1 is 1.47 bits per heavy atom. The summed E-state index contributed by atoms with van der Waals surface area (Å²) in [6.45, 7) is 2.43. The molecule has 6 heteroatoms. The maximum Gasteiger partial charge on any atom is 0.323 e. The Morgan fingerprint density at radius 3 is 2.95 bits per heavy atom. The van der Waals surface area contributed by atoms with Gasteiger partial charge in [-0.15, -0.1) is 0 Å². The molecule has 0 fully saturated rings. The third kappa shape index (κ3) is 2.96. The Bertz CT molecular complexity index is 603. The van der Waals surface area contributed by atoms with Crippen LogP contribution in [0.5, 0.6) is 0 Å². The molecule has 1 N–H and O–H groups in total. The number of carboxylic acids is 1. The molecular formula is C13H14FN3O2. The molecule has 0 spiro atoms. The summed E-state index contributed by atoms with van der Waals surface area (Å²) in [7, 11) is 0. The molecule has 0 aliphatic rings. The number of rotatable bonds is 5. The van der Waals surface area contributed by atoms with Crippen molar-refractivity contribution in [3.8, 4) is 0 Å². The number of aromatic nitrogens is 2. The quantitative estimate of drug-likeness (QED) is 0.894. The van der Waals surface area contributed by atoms with Gasteiger partial charge in [0, 0.05) is 18.8 Å². The summed E-state index contributed by atoms with van der Waals surface area (Å²) in [5.41, 5.74) is 1.59. The minimum atomic E-state index is -0.916. The van der Waals surface area contributed by atoms with Crippen LogP contribution in [0, 0.1) is 5.82 Å². The van der Waals surface area contributed by atoms with Crippen LogP contribution in [0.25, 0.3) is 11.0 Å². The predicted molar refractivity (Wildman–Crippen MR) is 69.6 cm³/mol. The van der Waals surface area contributed by atoms with E-state index in [0.717, 1.165) is 12.6 Å². The number of fused-ring (bicyclic) bond motifs is 1. The van der Waals surface area contributed by atoms with E-state index in [0.29, 0.717) is 23.3 Å². The Hall–Kier alpha value is -2.24. The number of anilines is 1. The summed E-state index contributed by atoms with van der Waals surface area (Å²) in [5.74, 6) is -1.38. The van der Waals surface area contributed by atoms with Gasteiger partial charge in [-0.2, -0.15) is 0 Å². The minimum absolute atomic E-state index is 0.119. The number of carbonyl (C=O) groups is 1. The van der Waals surface area contributed by atoms with E-state index in [1.54, 1.807) is 11.0 Å². The van der Waals surface area contributed by atoms with Crippen molar-refractivity contribution >= 4 is 22.7 Å². The number of pyridine rings is 2. The average molecular weight is 263 g/mol. The van der Waals surface area contributed by atoms with Gasteiger partial charge in [-0.05, 0) is 12.5 Å². The van der Waals surface area contributed by atoms with Crippen LogP contribution in [-0.4, -0.2) is 34.1 Å². The maximum absolute atomic E-state index is 13.1. The van der Waals surface area contributed by atoms with Gasteiger partial charge in [0.2, 0.25) is 0 Å². The minimum Gasteiger partial charge on any atom is -0.480 e. The first-order valence-electron chi connectivity index (χ1n) is 5.99. The van der Waals surface area contributed by atoms with Crippen molar-refractivity contribution in [1.29, 1.82) is 0 Å². The van der Waals surface area contributed by atoms with Crippen molar-refractivity contribution in [3.63, 3.8) is 0 Å². The monoisotopic (exact) mass is 263 g/mol. The van der Waals surface area contributed by atoms with E-state index < -0.39 is 11.8 Å². The van der Waals surface area contributed by atoms with Crippen LogP contribution in [0.4, 0.5) is 10.1 Å². The Kier molecular flexibility index (Phi) is 3.89. The van der Waals surface area contributed by atoms with E-state index in [2.05, 4.69) is 9.97 Å². The molecule has 0 saturated heterocycles. The molecular weight excluding hydrogens is 249 g/mol. The molecule has 0 aliphatic heterocycles. The molecule has 0 unspecified atom stereocenters. The lowest BCUT2D eigenvalue weighted by atomic mass is 10.2. The maximum atomic E-state index is 13.1. The summed E-state index contributed by atoms with van der Waals surface area (Å²) in [6, 6.07) is 2.99. The van der Waals surface area contributed by atoms with Gasteiger partial charge in [-0.3, -0.25) is 9.78 Å². The second-order valence-corrected chi connectivity index (χ2v) is 4.17. The molecule has 0 radical (unpaired) electrons. The number of aliphatic carboxylic acids is 1. The topological polar surface area (TPSA) is 66.3 Å². The Balaban J connectivity index is 2.49. The van der Waals surface area contributed by atoms with Gasteiger partial charge in [-0.1, -0.05) is 6.92 Å². The molecule has 0 bridgehead atoms. The lowest BCUT2D eigenvalue weighted by Crippen LogP contribution is -2.30. The normalized spacial score (nSPS) is 10.6. The van der Waals surface area contributed by atoms with Crippen molar-refractivity contribution < 1.29 is 14.3 Å². The molecule has 100 valence electrons. The van der Waals surface area contributed by atoms with Crippen LogP contribution >= 0.6 is 0 Å². The highest BCUT2D eigenvalue weighted by molar-refractivity contribution is 5.89. The molecule has 0 aliphatic carbocycles. The first kappa shape index (κ1) is 13.2. The largest absolute Gasteiger partial charge is 0.480 e. The molecule has 0 aromatic carbocycles. The molecule has 5 nitrogen and oxygen atoms in total. The van der Waals surface area contributed by atoms with Crippen LogP contribution in [0.15, 0.2) is 24.5 Å². The highest BCUT2D eigenvalue weighted by atomic mass is 19.1. The van der Waals surface area contributed by atoms with E-state index in [-0.39, 0.29) is 6.54 Å². The van der Waals surface area contributed by atoms with E-state index in [1.165, 1.54) is 12.3 Å². The van der Waals surface area contributed by atoms with Gasteiger partial charge >= 0.3 is 5.97 Å². The Labute approximate surface area is 109 Å². The third-order valence-corrected chi connectivity index (χ3v) is 2.68. The van der Waals surface area contributed by atoms with Gasteiger partial charge in [0.05, 0.1) is 17.4 Å². The van der Waals surface area contributed by atoms with Gasteiger partial charge in [0.25, 0.3) is 0 Å². The zero-order chi connectivity index (χ0) is 13.8. The van der Waals surface area contributed by atoms with Gasteiger partial charge in [-0.25, -0.2) is 9.37 Å². The van der Waals surface area contributed by atoms with Crippen LogP contribution in [0.3, 0.4) is 0 Å². The van der Waals surface area contributed by atoms with Crippen molar-refractivity contribution in [1.82, 2.24) is 9.97 Å². The van der Waals surface area contributed by atoms with Crippen LogP contribution in [0.1, 0.15) is 13.3 Å². The SMILES string of the molecule is CCCN(CC(=O)O)c1ccnc2cc(F)cnc12. The zero-order valence-electron chi connectivity index (χ0n) is 10.5. The van der Waals surface area contributed by atoms with Crippen molar-refractivity contribution in [2.45, 2.75) is 13.3 Å². The smallest absolute Gasteiger partial charge is 0.323 e. The third-order valence-electron chi connectivity index (χ3n) is 2.68. The summed E-state index contributed by atoms with van der Waals surface area (Å²) in [6.07, 6.45) is 3.44. The van der Waals surface area contributed by atoms with E-state index in [9.17, 15) is 9.18 Å².